The Hall–Kier alpha value is -4.70. The molecule has 3 heterocycles. The molecule has 0 aliphatic rings. The lowest BCUT2D eigenvalue weighted by Gasteiger charge is -2.12. The Labute approximate surface area is 210 Å². The maximum absolute atomic E-state index is 13.6. The monoisotopic (exact) mass is 503 g/mol. The highest BCUT2D eigenvalue weighted by Gasteiger charge is 2.14. The number of nitrogens with zero attached hydrogens (tertiary/aromatic N) is 6. The van der Waals surface area contributed by atoms with Gasteiger partial charge >= 0.3 is 5.97 Å². The van der Waals surface area contributed by atoms with E-state index < -0.39 is 11.8 Å². The van der Waals surface area contributed by atoms with Gasteiger partial charge in [-0.05, 0) is 50.0 Å². The van der Waals surface area contributed by atoms with Gasteiger partial charge in [0.05, 0.1) is 22.5 Å². The van der Waals surface area contributed by atoms with Crippen molar-refractivity contribution in [3.05, 3.63) is 95.4 Å². The average molecular weight is 504 g/mol. The Morgan fingerprint density at radius 1 is 1.17 bits per heavy atom. The number of guanidine groups is 1. The summed E-state index contributed by atoms with van der Waals surface area (Å²) in [6.45, 7) is 5.31. The number of pyridine rings is 2. The summed E-state index contributed by atoms with van der Waals surface area (Å²) in [5.74, 6) is -1.29. The lowest BCUT2D eigenvalue weighted by molar-refractivity contribution is 0.0696. The van der Waals surface area contributed by atoms with E-state index in [0.717, 1.165) is 5.56 Å². The molecule has 0 spiro atoms. The molecule has 0 saturated carbocycles. The van der Waals surface area contributed by atoms with Crippen LogP contribution >= 0.6 is 11.6 Å². The summed E-state index contributed by atoms with van der Waals surface area (Å²) in [5.41, 5.74) is 2.97. The molecule has 0 amide bonds. The van der Waals surface area contributed by atoms with Crippen molar-refractivity contribution in [2.75, 3.05) is 5.32 Å². The fourth-order valence-electron chi connectivity index (χ4n) is 3.21. The first-order valence-corrected chi connectivity index (χ1v) is 10.9. The standard InChI is InChI=1S/C25H19ClFN7O2/c1-15(16-9-17(24(35)36)12-29-11-16)23(34-14-18(13-31-34)22-5-3-4-8-30-22)33-25(28-2)32-19-6-7-21(27)20(26)10-19/h3-14H,2H2,1H3,(H,32,33)(H,35,36)/b23-15-. The van der Waals surface area contributed by atoms with Gasteiger partial charge in [0.15, 0.2) is 5.82 Å². The van der Waals surface area contributed by atoms with E-state index in [4.69, 9.17) is 11.6 Å². The zero-order valence-electron chi connectivity index (χ0n) is 18.9. The third-order valence-corrected chi connectivity index (χ3v) is 5.34. The van der Waals surface area contributed by atoms with E-state index in [1.54, 1.807) is 25.5 Å². The van der Waals surface area contributed by atoms with E-state index >= 15 is 0 Å². The number of rotatable bonds is 6. The Morgan fingerprint density at radius 2 is 1.97 bits per heavy atom. The summed E-state index contributed by atoms with van der Waals surface area (Å²) in [6, 6.07) is 11.1. The van der Waals surface area contributed by atoms with Crippen molar-refractivity contribution in [3.63, 3.8) is 0 Å². The molecule has 0 unspecified atom stereocenters. The molecule has 0 radical (unpaired) electrons. The van der Waals surface area contributed by atoms with E-state index in [1.807, 2.05) is 18.2 Å². The summed E-state index contributed by atoms with van der Waals surface area (Å²) in [6.07, 6.45) is 7.81. The Kier molecular flexibility index (Phi) is 7.26. The van der Waals surface area contributed by atoms with Crippen LogP contribution in [0.3, 0.4) is 0 Å². The second kappa shape index (κ2) is 10.7. The molecular formula is C25H19ClFN7O2. The van der Waals surface area contributed by atoms with Crippen LogP contribution in [0.4, 0.5) is 10.1 Å². The number of allylic oxidation sites excluding steroid dienone is 1. The summed E-state index contributed by atoms with van der Waals surface area (Å²) in [4.78, 5) is 28.4. The number of carboxylic acid groups (broad SMARTS) is 1. The van der Waals surface area contributed by atoms with Crippen LogP contribution in [0.2, 0.25) is 5.02 Å². The Balaban J connectivity index is 1.83. The van der Waals surface area contributed by atoms with Gasteiger partial charge in [0.25, 0.3) is 0 Å². The molecule has 11 heteroatoms. The Bertz CT molecular complexity index is 1500. The predicted molar refractivity (Wildman–Crippen MR) is 137 cm³/mol. The molecular weight excluding hydrogens is 485 g/mol. The maximum Gasteiger partial charge on any atom is 0.337 e. The molecule has 2 N–H and O–H groups in total. The van der Waals surface area contributed by atoms with Crippen LogP contribution in [-0.2, 0) is 0 Å². The van der Waals surface area contributed by atoms with E-state index in [9.17, 15) is 14.3 Å². The Morgan fingerprint density at radius 3 is 2.67 bits per heavy atom. The number of carbonyl (C=O) groups is 1. The molecule has 36 heavy (non-hydrogen) atoms. The minimum absolute atomic E-state index is 0.0194. The van der Waals surface area contributed by atoms with Gasteiger partial charge in [-0.15, -0.1) is 0 Å². The van der Waals surface area contributed by atoms with Gasteiger partial charge in [-0.25, -0.2) is 18.9 Å². The second-order valence-corrected chi connectivity index (χ2v) is 7.86. The van der Waals surface area contributed by atoms with Crippen molar-refractivity contribution in [2.45, 2.75) is 6.92 Å². The van der Waals surface area contributed by atoms with Crippen molar-refractivity contribution in [2.24, 2.45) is 9.98 Å². The molecule has 180 valence electrons. The van der Waals surface area contributed by atoms with Crippen LogP contribution in [0.1, 0.15) is 22.8 Å². The summed E-state index contributed by atoms with van der Waals surface area (Å²) in [7, 11) is 0. The minimum Gasteiger partial charge on any atom is -0.478 e. The van der Waals surface area contributed by atoms with E-state index in [-0.39, 0.29) is 16.5 Å². The van der Waals surface area contributed by atoms with Gasteiger partial charge in [-0.2, -0.15) is 10.1 Å². The molecule has 1 aromatic carbocycles. The molecule has 3 aromatic heterocycles. The first-order valence-electron chi connectivity index (χ1n) is 10.5. The largest absolute Gasteiger partial charge is 0.478 e. The van der Waals surface area contributed by atoms with E-state index in [2.05, 4.69) is 37.1 Å². The molecule has 4 aromatic rings. The van der Waals surface area contributed by atoms with Crippen LogP contribution in [0, 0.1) is 5.82 Å². The topological polar surface area (TPSA) is 118 Å². The number of nitrogens with one attached hydrogen (secondary N) is 1. The molecule has 0 atom stereocenters. The summed E-state index contributed by atoms with van der Waals surface area (Å²) in [5, 5.41) is 16.7. The van der Waals surface area contributed by atoms with Gasteiger partial charge in [0.2, 0.25) is 5.96 Å². The third-order valence-electron chi connectivity index (χ3n) is 5.05. The van der Waals surface area contributed by atoms with Crippen molar-refractivity contribution in [1.82, 2.24) is 19.7 Å². The van der Waals surface area contributed by atoms with E-state index in [1.165, 1.54) is 41.3 Å². The van der Waals surface area contributed by atoms with Gasteiger partial charge < -0.3 is 10.4 Å². The quantitative estimate of drug-likeness (QED) is 0.271. The number of carboxylic acids is 1. The molecule has 9 nitrogen and oxygen atoms in total. The van der Waals surface area contributed by atoms with Gasteiger partial charge in [0, 0.05) is 47.2 Å². The molecule has 0 bridgehead atoms. The summed E-state index contributed by atoms with van der Waals surface area (Å²) < 4.78 is 15.1. The number of hydrogen-bond acceptors (Lipinski definition) is 5. The van der Waals surface area contributed by atoms with Crippen LogP contribution in [0.25, 0.3) is 22.7 Å². The highest BCUT2D eigenvalue weighted by molar-refractivity contribution is 6.31. The highest BCUT2D eigenvalue weighted by Crippen LogP contribution is 2.26. The number of anilines is 1. The first kappa shape index (κ1) is 24.4. The number of aromatic nitrogens is 4. The molecule has 0 aliphatic heterocycles. The lowest BCUT2D eigenvalue weighted by Crippen LogP contribution is -2.11. The van der Waals surface area contributed by atoms with Crippen LogP contribution < -0.4 is 5.32 Å². The number of halogens is 2. The van der Waals surface area contributed by atoms with Gasteiger partial charge in [-0.3, -0.25) is 9.97 Å². The SMILES string of the molecule is C=NC(=N/C(=C(\C)c1cncc(C(=O)O)c1)n1cc(-c2ccccn2)cn1)Nc1ccc(F)c(Cl)c1. The summed E-state index contributed by atoms with van der Waals surface area (Å²) >= 11 is 5.89. The molecule has 0 saturated heterocycles. The number of aromatic carboxylic acids is 1. The van der Waals surface area contributed by atoms with E-state index in [0.29, 0.717) is 28.3 Å². The normalized spacial score (nSPS) is 12.1. The number of benzene rings is 1. The second-order valence-electron chi connectivity index (χ2n) is 7.45. The minimum atomic E-state index is -1.11. The van der Waals surface area contributed by atoms with Crippen LogP contribution in [0.15, 0.2) is 83.4 Å². The molecule has 0 fully saturated rings. The zero-order valence-corrected chi connectivity index (χ0v) is 19.7. The highest BCUT2D eigenvalue weighted by atomic mass is 35.5. The smallest absolute Gasteiger partial charge is 0.337 e. The van der Waals surface area contributed by atoms with Crippen molar-refractivity contribution in [3.8, 4) is 11.3 Å². The number of aliphatic imine (C=N–C) groups is 2. The molecule has 4 rings (SSSR count). The average Bonchev–Trinajstić information content (AvgIpc) is 3.39. The molecule has 0 aliphatic carbocycles. The van der Waals surface area contributed by atoms with Crippen molar-refractivity contribution >= 4 is 47.3 Å². The number of hydrogen-bond donors (Lipinski definition) is 2. The van der Waals surface area contributed by atoms with Gasteiger partial charge in [0.1, 0.15) is 5.82 Å². The predicted octanol–water partition coefficient (Wildman–Crippen LogP) is 5.35. The fourth-order valence-corrected chi connectivity index (χ4v) is 3.39. The van der Waals surface area contributed by atoms with Crippen LogP contribution in [-0.4, -0.2) is 43.5 Å². The zero-order chi connectivity index (χ0) is 25.7. The fraction of sp³-hybridized carbons (Fsp3) is 0.0400. The van der Waals surface area contributed by atoms with Crippen LogP contribution in [0.5, 0.6) is 0 Å². The maximum atomic E-state index is 13.6. The van der Waals surface area contributed by atoms with Crippen molar-refractivity contribution < 1.29 is 14.3 Å². The van der Waals surface area contributed by atoms with Crippen molar-refractivity contribution in [1.29, 1.82) is 0 Å². The van der Waals surface area contributed by atoms with Gasteiger partial charge in [-0.1, -0.05) is 17.7 Å². The first-order chi connectivity index (χ1) is 17.4. The lowest BCUT2D eigenvalue weighted by atomic mass is 10.1. The third kappa shape index (κ3) is 5.50.